The third-order valence-electron chi connectivity index (χ3n) is 4.02. The highest BCUT2D eigenvalue weighted by Gasteiger charge is 2.16. The van der Waals surface area contributed by atoms with E-state index in [4.69, 9.17) is 13.6 Å². The highest BCUT2D eigenvalue weighted by molar-refractivity contribution is 6.03. The number of hydrogen-bond acceptors (Lipinski definition) is 5. The van der Waals surface area contributed by atoms with Crippen molar-refractivity contribution in [2.24, 2.45) is 0 Å². The van der Waals surface area contributed by atoms with Gasteiger partial charge in [0.25, 0.3) is 0 Å². The van der Waals surface area contributed by atoms with Gasteiger partial charge in [-0.25, -0.2) is 9.59 Å². The molecule has 0 aliphatic carbocycles. The van der Waals surface area contributed by atoms with Crippen molar-refractivity contribution in [1.82, 2.24) is 0 Å². The largest absolute Gasteiger partial charge is 0.463 e. The van der Waals surface area contributed by atoms with Gasteiger partial charge in [0.05, 0.1) is 6.61 Å². The Bertz CT molecular complexity index is 1030. The standard InChI is InChI=1S/C19H18O5/c1-5-22-16(20)7-6-13-12(4)23-19-11(3)18-14(9-15(13)19)10(2)8-17(21)24-18/h6-9H,5H2,1-4H3/b7-6+. The molecule has 5 heteroatoms. The van der Waals surface area contributed by atoms with Crippen LogP contribution in [0.3, 0.4) is 0 Å². The van der Waals surface area contributed by atoms with Crippen LogP contribution in [0.4, 0.5) is 0 Å². The van der Waals surface area contributed by atoms with Crippen molar-refractivity contribution in [1.29, 1.82) is 0 Å². The van der Waals surface area contributed by atoms with E-state index < -0.39 is 5.97 Å². The molecular weight excluding hydrogens is 308 g/mol. The van der Waals surface area contributed by atoms with Gasteiger partial charge in [-0.1, -0.05) is 0 Å². The van der Waals surface area contributed by atoms with Crippen LogP contribution in [0.2, 0.25) is 0 Å². The number of carbonyl (C=O) groups is 1. The summed E-state index contributed by atoms with van der Waals surface area (Å²) < 4.78 is 16.1. The van der Waals surface area contributed by atoms with Gasteiger partial charge in [0.1, 0.15) is 16.9 Å². The third-order valence-corrected chi connectivity index (χ3v) is 4.02. The highest BCUT2D eigenvalue weighted by Crippen LogP contribution is 2.34. The van der Waals surface area contributed by atoms with Crippen LogP contribution in [0.1, 0.15) is 29.4 Å². The summed E-state index contributed by atoms with van der Waals surface area (Å²) in [7, 11) is 0. The lowest BCUT2D eigenvalue weighted by atomic mass is 10.0. The Balaban J connectivity index is 2.27. The summed E-state index contributed by atoms with van der Waals surface area (Å²) in [4.78, 5) is 23.2. The van der Waals surface area contributed by atoms with Crippen LogP contribution in [0.25, 0.3) is 28.0 Å². The molecule has 0 unspecified atom stereocenters. The Kier molecular flexibility index (Phi) is 4.01. The Morgan fingerprint density at radius 1 is 1.12 bits per heavy atom. The van der Waals surface area contributed by atoms with Gasteiger partial charge in [-0.3, -0.25) is 0 Å². The van der Waals surface area contributed by atoms with Gasteiger partial charge in [0.15, 0.2) is 0 Å². The van der Waals surface area contributed by atoms with Gasteiger partial charge in [-0.05, 0) is 45.4 Å². The predicted molar refractivity (Wildman–Crippen MR) is 92.1 cm³/mol. The molecule has 0 amide bonds. The Labute approximate surface area is 138 Å². The summed E-state index contributed by atoms with van der Waals surface area (Å²) in [5, 5.41) is 1.72. The van der Waals surface area contributed by atoms with E-state index >= 15 is 0 Å². The smallest absolute Gasteiger partial charge is 0.336 e. The molecule has 5 nitrogen and oxygen atoms in total. The van der Waals surface area contributed by atoms with Gasteiger partial charge >= 0.3 is 11.6 Å². The summed E-state index contributed by atoms with van der Waals surface area (Å²) in [5.41, 5.74) is 3.22. The molecular formula is C19H18O5. The van der Waals surface area contributed by atoms with E-state index in [0.717, 1.165) is 27.5 Å². The number of rotatable bonds is 3. The maximum Gasteiger partial charge on any atom is 0.336 e. The second kappa shape index (κ2) is 6.00. The first-order valence-electron chi connectivity index (χ1n) is 7.74. The minimum atomic E-state index is -0.397. The fourth-order valence-electron chi connectivity index (χ4n) is 2.87. The minimum Gasteiger partial charge on any atom is -0.463 e. The number of aryl methyl sites for hydroxylation is 3. The van der Waals surface area contributed by atoms with Gasteiger partial charge in [-0.2, -0.15) is 0 Å². The molecule has 0 bridgehead atoms. The zero-order valence-electron chi connectivity index (χ0n) is 14.1. The third kappa shape index (κ3) is 2.62. The predicted octanol–water partition coefficient (Wildman–Crippen LogP) is 4.04. The zero-order chi connectivity index (χ0) is 17.4. The number of fused-ring (bicyclic) bond motifs is 2. The van der Waals surface area contributed by atoms with Crippen molar-refractivity contribution in [2.45, 2.75) is 27.7 Å². The fraction of sp³-hybridized carbons (Fsp3) is 0.263. The second-order valence-electron chi connectivity index (χ2n) is 5.66. The van der Waals surface area contributed by atoms with Crippen molar-refractivity contribution in [3.63, 3.8) is 0 Å². The first-order valence-corrected chi connectivity index (χ1v) is 7.74. The van der Waals surface area contributed by atoms with E-state index in [0.29, 0.717) is 23.5 Å². The molecule has 0 N–H and O–H groups in total. The number of hydrogen-bond donors (Lipinski definition) is 0. The Hall–Kier alpha value is -2.82. The first-order chi connectivity index (χ1) is 11.4. The lowest BCUT2D eigenvalue weighted by Gasteiger charge is -2.04. The van der Waals surface area contributed by atoms with Crippen LogP contribution in [-0.2, 0) is 9.53 Å². The maximum atomic E-state index is 11.6. The molecule has 0 radical (unpaired) electrons. The van der Waals surface area contributed by atoms with Crippen molar-refractivity contribution >= 4 is 34.0 Å². The van der Waals surface area contributed by atoms with Crippen LogP contribution in [0.5, 0.6) is 0 Å². The van der Waals surface area contributed by atoms with E-state index in [1.54, 1.807) is 13.0 Å². The zero-order valence-corrected chi connectivity index (χ0v) is 14.1. The normalized spacial score (nSPS) is 11.7. The molecule has 3 rings (SSSR count). The lowest BCUT2D eigenvalue weighted by Crippen LogP contribution is -1.99. The SMILES string of the molecule is CCOC(=O)/C=C/c1c(C)oc2c(C)c3oc(=O)cc(C)c3cc12. The summed E-state index contributed by atoms with van der Waals surface area (Å²) >= 11 is 0. The highest BCUT2D eigenvalue weighted by atomic mass is 16.5. The maximum absolute atomic E-state index is 11.6. The molecule has 124 valence electrons. The lowest BCUT2D eigenvalue weighted by molar-refractivity contribution is -0.137. The number of benzene rings is 1. The molecule has 0 saturated heterocycles. The van der Waals surface area contributed by atoms with Crippen LogP contribution in [-0.4, -0.2) is 12.6 Å². The molecule has 2 aromatic heterocycles. The van der Waals surface area contributed by atoms with Crippen LogP contribution < -0.4 is 5.63 Å². The molecule has 0 atom stereocenters. The monoisotopic (exact) mass is 326 g/mol. The Morgan fingerprint density at radius 3 is 2.54 bits per heavy atom. The van der Waals surface area contributed by atoms with Crippen LogP contribution in [0.15, 0.2) is 31.8 Å². The molecule has 1 aromatic carbocycles. The summed E-state index contributed by atoms with van der Waals surface area (Å²) in [6, 6.07) is 3.39. The van der Waals surface area contributed by atoms with Crippen LogP contribution >= 0.6 is 0 Å². The van der Waals surface area contributed by atoms with Gasteiger partial charge in [0, 0.05) is 34.0 Å². The molecule has 0 aliphatic heterocycles. The minimum absolute atomic E-state index is 0.330. The van der Waals surface area contributed by atoms with E-state index in [-0.39, 0.29) is 5.63 Å². The molecule has 0 spiro atoms. The summed E-state index contributed by atoms with van der Waals surface area (Å²) in [6.07, 6.45) is 3.08. The van der Waals surface area contributed by atoms with Crippen molar-refractivity contribution in [3.8, 4) is 0 Å². The van der Waals surface area contributed by atoms with Crippen molar-refractivity contribution < 1.29 is 18.4 Å². The molecule has 0 saturated carbocycles. The molecule has 3 aromatic rings. The quantitative estimate of drug-likeness (QED) is 0.413. The number of carbonyl (C=O) groups excluding carboxylic acids is 1. The van der Waals surface area contributed by atoms with Gasteiger partial charge < -0.3 is 13.6 Å². The molecule has 24 heavy (non-hydrogen) atoms. The average Bonchev–Trinajstić information content (AvgIpc) is 2.83. The van der Waals surface area contributed by atoms with E-state index in [9.17, 15) is 9.59 Å². The van der Waals surface area contributed by atoms with Crippen molar-refractivity contribution in [3.05, 3.63) is 51.1 Å². The van der Waals surface area contributed by atoms with Crippen LogP contribution in [0, 0.1) is 20.8 Å². The van der Waals surface area contributed by atoms with Gasteiger partial charge in [-0.15, -0.1) is 0 Å². The second-order valence-corrected chi connectivity index (χ2v) is 5.66. The number of esters is 1. The first kappa shape index (κ1) is 16.1. The summed E-state index contributed by atoms with van der Waals surface area (Å²) in [6.45, 7) is 7.64. The van der Waals surface area contributed by atoms with E-state index in [2.05, 4.69) is 0 Å². The van der Waals surface area contributed by atoms with Gasteiger partial charge in [0.2, 0.25) is 0 Å². The van der Waals surface area contributed by atoms with E-state index in [1.807, 2.05) is 26.8 Å². The molecule has 0 aliphatic rings. The number of furan rings is 1. The fourth-order valence-corrected chi connectivity index (χ4v) is 2.87. The topological polar surface area (TPSA) is 69.7 Å². The summed E-state index contributed by atoms with van der Waals surface area (Å²) in [5.74, 6) is 0.287. The molecule has 2 heterocycles. The average molecular weight is 326 g/mol. The molecule has 0 fully saturated rings. The number of ether oxygens (including phenoxy) is 1. The van der Waals surface area contributed by atoms with E-state index in [1.165, 1.54) is 12.1 Å². The Morgan fingerprint density at radius 2 is 1.83 bits per heavy atom. The van der Waals surface area contributed by atoms with Crippen molar-refractivity contribution in [2.75, 3.05) is 6.61 Å².